The normalized spacial score (nSPS) is 11.2. The van der Waals surface area contributed by atoms with Crippen LogP contribution in [0.5, 0.6) is 0 Å². The molecule has 0 amide bonds. The highest BCUT2D eigenvalue weighted by molar-refractivity contribution is 6.24. The summed E-state index contributed by atoms with van der Waals surface area (Å²) in [6.07, 6.45) is 0. The van der Waals surface area contributed by atoms with Crippen LogP contribution in [0.4, 0.5) is 17.1 Å². The predicted molar refractivity (Wildman–Crippen MR) is 172 cm³/mol. The quantitative estimate of drug-likeness (QED) is 0.219. The third-order valence-electron chi connectivity index (χ3n) is 8.04. The van der Waals surface area contributed by atoms with Gasteiger partial charge in [0.2, 0.25) is 0 Å². The van der Waals surface area contributed by atoms with E-state index in [1.54, 1.807) is 18.2 Å². The van der Waals surface area contributed by atoms with E-state index in [-0.39, 0.29) is 0 Å². The first-order valence-electron chi connectivity index (χ1n) is 14.0. The lowest BCUT2D eigenvalue weighted by Gasteiger charge is -2.25. The third kappa shape index (κ3) is 3.70. The zero-order chi connectivity index (χ0) is 28.9. The minimum Gasteiger partial charge on any atom is -0.455 e. The van der Waals surface area contributed by atoms with Crippen LogP contribution in [-0.2, 0) is 0 Å². The summed E-state index contributed by atoms with van der Waals surface area (Å²) in [6, 6.07) is 49.0. The standard InChI is InChI=1S/C38H22N4O/c39-23-25-10-9-11-26(24-40)37(25)42-33-20-18-29(41(27-12-3-1-4-13-27)28-14-5-2-6-15-28)22-32(33)36-34(42)21-19-31-30-16-7-8-17-35(30)43-38(31)36/h1-22H. The van der Waals surface area contributed by atoms with E-state index >= 15 is 0 Å². The molecule has 2 heterocycles. The average molecular weight is 551 g/mol. The molecule has 0 spiro atoms. The molecule has 0 aliphatic rings. The van der Waals surface area contributed by atoms with Crippen LogP contribution in [0.15, 0.2) is 138 Å². The van der Waals surface area contributed by atoms with Gasteiger partial charge in [-0.05, 0) is 72.8 Å². The Labute approximate surface area is 247 Å². The van der Waals surface area contributed by atoms with E-state index < -0.39 is 0 Å². The molecule has 0 atom stereocenters. The molecule has 0 fully saturated rings. The fraction of sp³-hybridized carbons (Fsp3) is 0. The summed E-state index contributed by atoms with van der Waals surface area (Å²) in [4.78, 5) is 2.23. The van der Waals surface area contributed by atoms with Gasteiger partial charge in [-0.1, -0.05) is 60.7 Å². The lowest BCUT2D eigenvalue weighted by Crippen LogP contribution is -2.09. The smallest absolute Gasteiger partial charge is 0.145 e. The molecule has 0 saturated heterocycles. The Morgan fingerprint density at radius 2 is 1.16 bits per heavy atom. The molecular formula is C38H22N4O. The number of rotatable bonds is 4. The van der Waals surface area contributed by atoms with Crippen LogP contribution in [0.25, 0.3) is 49.4 Å². The molecule has 2 aromatic heterocycles. The molecule has 43 heavy (non-hydrogen) atoms. The molecular weight excluding hydrogens is 528 g/mol. The summed E-state index contributed by atoms with van der Waals surface area (Å²) in [5.74, 6) is 0. The van der Waals surface area contributed by atoms with Crippen LogP contribution in [0.1, 0.15) is 11.1 Å². The lowest BCUT2D eigenvalue weighted by molar-refractivity contribution is 0.673. The second-order valence-electron chi connectivity index (χ2n) is 10.4. The summed E-state index contributed by atoms with van der Waals surface area (Å²) in [6.45, 7) is 0. The maximum atomic E-state index is 10.1. The van der Waals surface area contributed by atoms with Gasteiger partial charge < -0.3 is 13.9 Å². The summed E-state index contributed by atoms with van der Waals surface area (Å²) in [5.41, 5.74) is 7.81. The molecule has 0 aliphatic carbocycles. The Balaban J connectivity index is 1.53. The number of hydrogen-bond donors (Lipinski definition) is 0. The van der Waals surface area contributed by atoms with E-state index in [2.05, 4.69) is 77.7 Å². The van der Waals surface area contributed by atoms with E-state index in [0.29, 0.717) is 16.8 Å². The van der Waals surface area contributed by atoms with Crippen LogP contribution in [0, 0.1) is 22.7 Å². The van der Waals surface area contributed by atoms with Crippen LogP contribution in [0.3, 0.4) is 0 Å². The molecule has 8 rings (SSSR count). The topological polar surface area (TPSA) is 68.9 Å². The minimum absolute atomic E-state index is 0.432. The maximum absolute atomic E-state index is 10.1. The highest BCUT2D eigenvalue weighted by Crippen LogP contribution is 2.44. The fourth-order valence-electron chi connectivity index (χ4n) is 6.22. The molecule has 5 heteroatoms. The first-order chi connectivity index (χ1) is 21.3. The number of nitriles is 2. The van der Waals surface area contributed by atoms with Crippen LogP contribution < -0.4 is 4.90 Å². The minimum atomic E-state index is 0.432. The molecule has 0 saturated carbocycles. The summed E-state index contributed by atoms with van der Waals surface area (Å²) in [5, 5.41) is 24.2. The number of para-hydroxylation sites is 4. The summed E-state index contributed by atoms with van der Waals surface area (Å²) < 4.78 is 8.58. The first kappa shape index (κ1) is 24.5. The molecule has 8 aromatic rings. The molecule has 0 unspecified atom stereocenters. The van der Waals surface area contributed by atoms with Gasteiger partial charge in [-0.15, -0.1) is 0 Å². The van der Waals surface area contributed by atoms with Crippen molar-refractivity contribution < 1.29 is 4.42 Å². The van der Waals surface area contributed by atoms with Crippen LogP contribution in [-0.4, -0.2) is 4.57 Å². The van der Waals surface area contributed by atoms with Gasteiger partial charge in [0.05, 0.1) is 33.2 Å². The van der Waals surface area contributed by atoms with Gasteiger partial charge in [-0.2, -0.15) is 10.5 Å². The molecule has 5 nitrogen and oxygen atoms in total. The molecule has 6 aromatic carbocycles. The number of nitrogens with zero attached hydrogens (tertiary/aromatic N) is 4. The van der Waals surface area contributed by atoms with Crippen molar-refractivity contribution in [3.05, 3.63) is 145 Å². The van der Waals surface area contributed by atoms with Crippen molar-refractivity contribution in [2.75, 3.05) is 4.90 Å². The largest absolute Gasteiger partial charge is 0.455 e. The van der Waals surface area contributed by atoms with Gasteiger partial charge in [-0.25, -0.2) is 0 Å². The predicted octanol–water partition coefficient (Wildman–Crippen LogP) is 9.90. The molecule has 0 aliphatic heterocycles. The third-order valence-corrected chi connectivity index (χ3v) is 8.04. The van der Waals surface area contributed by atoms with Crippen molar-refractivity contribution in [1.82, 2.24) is 4.57 Å². The monoisotopic (exact) mass is 550 g/mol. The molecule has 200 valence electrons. The van der Waals surface area contributed by atoms with Gasteiger partial charge >= 0.3 is 0 Å². The van der Waals surface area contributed by atoms with E-state index in [0.717, 1.165) is 60.8 Å². The van der Waals surface area contributed by atoms with Crippen molar-refractivity contribution in [2.24, 2.45) is 0 Å². The molecule has 0 bridgehead atoms. The van der Waals surface area contributed by atoms with E-state index in [4.69, 9.17) is 4.42 Å². The lowest BCUT2D eigenvalue weighted by atomic mass is 10.1. The molecule has 0 radical (unpaired) electrons. The Morgan fingerprint density at radius 3 is 1.84 bits per heavy atom. The van der Waals surface area contributed by atoms with Gasteiger partial charge in [0.15, 0.2) is 0 Å². The van der Waals surface area contributed by atoms with Crippen molar-refractivity contribution in [1.29, 1.82) is 10.5 Å². The number of furan rings is 1. The van der Waals surface area contributed by atoms with Gasteiger partial charge in [0.25, 0.3) is 0 Å². The fourth-order valence-corrected chi connectivity index (χ4v) is 6.22. The zero-order valence-electron chi connectivity index (χ0n) is 22.9. The Morgan fingerprint density at radius 1 is 0.535 bits per heavy atom. The maximum Gasteiger partial charge on any atom is 0.145 e. The second-order valence-corrected chi connectivity index (χ2v) is 10.4. The SMILES string of the molecule is N#Cc1cccc(C#N)c1-n1c2ccc(N(c3ccccc3)c3ccccc3)cc2c2c3oc4ccccc4c3ccc21. The van der Waals surface area contributed by atoms with Crippen molar-refractivity contribution >= 4 is 60.8 Å². The van der Waals surface area contributed by atoms with E-state index in [1.165, 1.54) is 0 Å². The van der Waals surface area contributed by atoms with E-state index in [9.17, 15) is 10.5 Å². The van der Waals surface area contributed by atoms with E-state index in [1.807, 2.05) is 59.2 Å². The van der Waals surface area contributed by atoms with Crippen molar-refractivity contribution in [3.8, 4) is 17.8 Å². The van der Waals surface area contributed by atoms with Gasteiger partial charge in [0, 0.05) is 33.2 Å². The summed E-state index contributed by atoms with van der Waals surface area (Å²) in [7, 11) is 0. The number of fused-ring (bicyclic) bond motifs is 7. The molecule has 0 N–H and O–H groups in total. The Hall–Kier alpha value is -6.30. The van der Waals surface area contributed by atoms with Gasteiger partial charge in [0.1, 0.15) is 23.3 Å². The van der Waals surface area contributed by atoms with Crippen molar-refractivity contribution in [2.45, 2.75) is 0 Å². The van der Waals surface area contributed by atoms with Crippen molar-refractivity contribution in [3.63, 3.8) is 0 Å². The first-order valence-corrected chi connectivity index (χ1v) is 14.0. The Kier molecular flexibility index (Phi) is 5.50. The Bertz CT molecular complexity index is 2350. The van der Waals surface area contributed by atoms with Crippen LogP contribution in [0.2, 0.25) is 0 Å². The number of anilines is 3. The highest BCUT2D eigenvalue weighted by atomic mass is 16.3. The average Bonchev–Trinajstić information content (AvgIpc) is 3.61. The van der Waals surface area contributed by atoms with Gasteiger partial charge in [-0.3, -0.25) is 0 Å². The number of aromatic nitrogens is 1. The zero-order valence-corrected chi connectivity index (χ0v) is 22.9. The van der Waals surface area contributed by atoms with Crippen LogP contribution >= 0.6 is 0 Å². The number of hydrogen-bond acceptors (Lipinski definition) is 4. The summed E-state index contributed by atoms with van der Waals surface area (Å²) >= 11 is 0. The highest BCUT2D eigenvalue weighted by Gasteiger charge is 2.23. The second kappa shape index (κ2) is 9.66. The number of benzene rings is 6.